The Balaban J connectivity index is 3.56. The Bertz CT molecular complexity index is 125. The van der Waals surface area contributed by atoms with Crippen molar-refractivity contribution in [1.29, 1.82) is 0 Å². The van der Waals surface area contributed by atoms with Gasteiger partial charge in [-0.15, -0.1) is 0 Å². The van der Waals surface area contributed by atoms with Gasteiger partial charge in [-0.3, -0.25) is 0 Å². The molecule has 0 aromatic heterocycles. The first kappa shape index (κ1) is 13.9. The van der Waals surface area contributed by atoms with Gasteiger partial charge in [-0.05, 0) is 24.7 Å². The summed E-state index contributed by atoms with van der Waals surface area (Å²) in [6.07, 6.45) is 5.05. The lowest BCUT2D eigenvalue weighted by Gasteiger charge is -2.23. The summed E-state index contributed by atoms with van der Waals surface area (Å²) in [5.74, 6) is 0.798. The normalized spacial score (nSPS) is 17.8. The maximum Gasteiger partial charge on any atom is 0.0591 e. The van der Waals surface area contributed by atoms with Gasteiger partial charge >= 0.3 is 0 Å². The first-order valence-electron chi connectivity index (χ1n) is 5.92. The van der Waals surface area contributed by atoms with Gasteiger partial charge < -0.3 is 10.2 Å². The maximum absolute atomic E-state index is 9.89. The zero-order chi connectivity index (χ0) is 11.0. The molecule has 0 aliphatic heterocycles. The fourth-order valence-corrected chi connectivity index (χ4v) is 1.73. The minimum Gasteiger partial charge on any atom is -0.396 e. The molecule has 0 spiro atoms. The van der Waals surface area contributed by atoms with Gasteiger partial charge in [-0.1, -0.05) is 40.0 Å². The minimum atomic E-state index is -0.158. The lowest BCUT2D eigenvalue weighted by atomic mass is 9.88. The highest BCUT2D eigenvalue weighted by Crippen LogP contribution is 2.20. The number of unbranched alkanes of at least 4 members (excludes halogenated alkanes) is 2. The van der Waals surface area contributed by atoms with Gasteiger partial charge in [0.2, 0.25) is 0 Å². The van der Waals surface area contributed by atoms with E-state index in [-0.39, 0.29) is 6.10 Å². The smallest absolute Gasteiger partial charge is 0.0591 e. The van der Waals surface area contributed by atoms with Crippen LogP contribution in [0.2, 0.25) is 0 Å². The summed E-state index contributed by atoms with van der Waals surface area (Å²) in [5, 5.41) is 18.5. The molecular weight excluding hydrogens is 176 g/mol. The first-order valence-corrected chi connectivity index (χ1v) is 5.92. The summed E-state index contributed by atoms with van der Waals surface area (Å²) >= 11 is 0. The van der Waals surface area contributed by atoms with Gasteiger partial charge in [-0.25, -0.2) is 0 Å². The third-order valence-electron chi connectivity index (χ3n) is 3.13. The maximum atomic E-state index is 9.89. The number of hydrogen-bond donors (Lipinski definition) is 2. The topological polar surface area (TPSA) is 40.5 Å². The molecule has 86 valence electrons. The van der Waals surface area contributed by atoms with Crippen LogP contribution in [-0.4, -0.2) is 22.9 Å². The molecule has 2 N–H and O–H groups in total. The molecule has 3 atom stereocenters. The molecule has 0 unspecified atom stereocenters. The van der Waals surface area contributed by atoms with Crippen LogP contribution in [-0.2, 0) is 0 Å². The summed E-state index contributed by atoms with van der Waals surface area (Å²) in [4.78, 5) is 0. The molecule has 0 radical (unpaired) electrons. The molecule has 0 bridgehead atoms. The Morgan fingerprint density at radius 3 is 2.14 bits per heavy atom. The predicted octanol–water partition coefficient (Wildman–Crippen LogP) is 2.58. The van der Waals surface area contributed by atoms with Crippen molar-refractivity contribution in [3.8, 4) is 0 Å². The standard InChI is InChI=1S/C12H26O2/c1-4-10(2)12(14)11(3)8-6-5-7-9-13/h10-14H,4-9H2,1-3H3/t10-,11+,12+/m0/s1. The Kier molecular flexibility index (Phi) is 8.20. The molecule has 0 amide bonds. The predicted molar refractivity (Wildman–Crippen MR) is 60.2 cm³/mol. The molecule has 0 fully saturated rings. The van der Waals surface area contributed by atoms with E-state index in [9.17, 15) is 5.11 Å². The van der Waals surface area contributed by atoms with E-state index in [1.54, 1.807) is 0 Å². The van der Waals surface area contributed by atoms with Crippen LogP contribution in [0.3, 0.4) is 0 Å². The average molecular weight is 202 g/mol. The lowest BCUT2D eigenvalue weighted by molar-refractivity contribution is 0.0583. The molecule has 0 aromatic carbocycles. The summed E-state index contributed by atoms with van der Waals surface area (Å²) in [5.41, 5.74) is 0. The number of aliphatic hydroxyl groups is 2. The molecule has 0 saturated carbocycles. The Labute approximate surface area is 88.3 Å². The number of aliphatic hydroxyl groups excluding tert-OH is 2. The van der Waals surface area contributed by atoms with Gasteiger partial charge in [0, 0.05) is 6.61 Å². The molecule has 0 aromatic rings. The largest absolute Gasteiger partial charge is 0.396 e. The van der Waals surface area contributed by atoms with Crippen LogP contribution in [0.5, 0.6) is 0 Å². The van der Waals surface area contributed by atoms with Crippen molar-refractivity contribution in [3.05, 3.63) is 0 Å². The van der Waals surface area contributed by atoms with Crippen LogP contribution in [0.15, 0.2) is 0 Å². The summed E-state index contributed by atoms with van der Waals surface area (Å²) in [6.45, 7) is 6.64. The van der Waals surface area contributed by atoms with E-state index in [2.05, 4.69) is 20.8 Å². The number of hydrogen-bond acceptors (Lipinski definition) is 2. The van der Waals surface area contributed by atoms with Crippen molar-refractivity contribution in [3.63, 3.8) is 0 Å². The fourth-order valence-electron chi connectivity index (χ4n) is 1.73. The highest BCUT2D eigenvalue weighted by molar-refractivity contribution is 4.69. The summed E-state index contributed by atoms with van der Waals surface area (Å²) in [7, 11) is 0. The van der Waals surface area contributed by atoms with Crippen LogP contribution < -0.4 is 0 Å². The van der Waals surface area contributed by atoms with Gasteiger partial charge in [0.15, 0.2) is 0 Å². The van der Waals surface area contributed by atoms with E-state index in [0.717, 1.165) is 32.1 Å². The second kappa shape index (κ2) is 8.25. The van der Waals surface area contributed by atoms with Crippen molar-refractivity contribution in [2.75, 3.05) is 6.61 Å². The first-order chi connectivity index (χ1) is 6.63. The second-order valence-corrected chi connectivity index (χ2v) is 4.43. The molecule has 0 rings (SSSR count). The van der Waals surface area contributed by atoms with Gasteiger partial charge in [0.1, 0.15) is 0 Å². The molecule has 2 heteroatoms. The van der Waals surface area contributed by atoms with E-state index in [1.807, 2.05) is 0 Å². The van der Waals surface area contributed by atoms with Crippen molar-refractivity contribution in [2.24, 2.45) is 11.8 Å². The quantitative estimate of drug-likeness (QED) is 0.594. The van der Waals surface area contributed by atoms with Crippen molar-refractivity contribution in [1.82, 2.24) is 0 Å². The Hall–Kier alpha value is -0.0800. The van der Waals surface area contributed by atoms with E-state index < -0.39 is 0 Å². The molecule has 0 saturated heterocycles. The Morgan fingerprint density at radius 2 is 1.64 bits per heavy atom. The Morgan fingerprint density at radius 1 is 1.00 bits per heavy atom. The summed E-state index contributed by atoms with van der Waals surface area (Å²) in [6, 6.07) is 0. The van der Waals surface area contributed by atoms with E-state index in [4.69, 9.17) is 5.11 Å². The molecule has 0 aliphatic rings. The van der Waals surface area contributed by atoms with Gasteiger partial charge in [0.05, 0.1) is 6.10 Å². The SMILES string of the molecule is CC[C@H](C)[C@@H](O)[C@H](C)CCCCCO. The van der Waals surface area contributed by atoms with Crippen LogP contribution in [0.1, 0.15) is 52.9 Å². The van der Waals surface area contributed by atoms with Crippen molar-refractivity contribution in [2.45, 2.75) is 59.0 Å². The molecule has 0 heterocycles. The zero-order valence-electron chi connectivity index (χ0n) is 9.87. The molecule has 2 nitrogen and oxygen atoms in total. The molecule has 14 heavy (non-hydrogen) atoms. The van der Waals surface area contributed by atoms with Crippen molar-refractivity contribution < 1.29 is 10.2 Å². The number of rotatable bonds is 8. The van der Waals surface area contributed by atoms with Crippen molar-refractivity contribution >= 4 is 0 Å². The van der Waals surface area contributed by atoms with Crippen LogP contribution >= 0.6 is 0 Å². The van der Waals surface area contributed by atoms with E-state index in [0.29, 0.717) is 18.4 Å². The van der Waals surface area contributed by atoms with Gasteiger partial charge in [-0.2, -0.15) is 0 Å². The lowest BCUT2D eigenvalue weighted by Crippen LogP contribution is -2.25. The second-order valence-electron chi connectivity index (χ2n) is 4.43. The summed E-state index contributed by atoms with van der Waals surface area (Å²) < 4.78 is 0. The van der Waals surface area contributed by atoms with Gasteiger partial charge in [0.25, 0.3) is 0 Å². The molecular formula is C12H26O2. The van der Waals surface area contributed by atoms with E-state index >= 15 is 0 Å². The fraction of sp³-hybridized carbons (Fsp3) is 1.00. The third kappa shape index (κ3) is 5.61. The third-order valence-corrected chi connectivity index (χ3v) is 3.13. The zero-order valence-corrected chi connectivity index (χ0v) is 9.87. The highest BCUT2D eigenvalue weighted by atomic mass is 16.3. The monoisotopic (exact) mass is 202 g/mol. The van der Waals surface area contributed by atoms with Crippen LogP contribution in [0.4, 0.5) is 0 Å². The van der Waals surface area contributed by atoms with Crippen LogP contribution in [0.25, 0.3) is 0 Å². The average Bonchev–Trinajstić information content (AvgIpc) is 2.21. The molecule has 0 aliphatic carbocycles. The minimum absolute atomic E-state index is 0.158. The van der Waals surface area contributed by atoms with Crippen LogP contribution in [0, 0.1) is 11.8 Å². The highest BCUT2D eigenvalue weighted by Gasteiger charge is 2.18. The van der Waals surface area contributed by atoms with E-state index in [1.165, 1.54) is 0 Å².